The minimum Gasteiger partial charge on any atom is -0.374 e. The first kappa shape index (κ1) is 12.8. The first-order valence-corrected chi connectivity index (χ1v) is 5.98. The van der Waals surface area contributed by atoms with E-state index in [1.807, 2.05) is 7.05 Å². The minimum absolute atomic E-state index is 0.147. The van der Waals surface area contributed by atoms with Crippen LogP contribution in [0.5, 0.6) is 0 Å². The van der Waals surface area contributed by atoms with Gasteiger partial charge in [0, 0.05) is 23.7 Å². The van der Waals surface area contributed by atoms with Crippen molar-refractivity contribution in [3.8, 4) is 0 Å². The molecule has 1 saturated heterocycles. The zero-order valence-electron chi connectivity index (χ0n) is 9.70. The average Bonchev–Trinajstić information content (AvgIpc) is 2.30. The summed E-state index contributed by atoms with van der Waals surface area (Å²) in [6.45, 7) is 1.77. The third-order valence-electron chi connectivity index (χ3n) is 3.12. The maximum Gasteiger partial charge on any atom is 0.129 e. The number of nitrogens with zero attached hydrogens (tertiary/aromatic N) is 1. The molecule has 0 aromatic heterocycles. The zero-order chi connectivity index (χ0) is 12.4. The van der Waals surface area contributed by atoms with Crippen LogP contribution in [0, 0.1) is 5.82 Å². The summed E-state index contributed by atoms with van der Waals surface area (Å²) in [5.41, 5.74) is 6.26. The number of ether oxygens (including phenoxy) is 1. The number of benzene rings is 1. The molecule has 5 heteroatoms. The van der Waals surface area contributed by atoms with Gasteiger partial charge in [-0.05, 0) is 19.2 Å². The Kier molecular flexibility index (Phi) is 3.99. The van der Waals surface area contributed by atoms with E-state index in [4.69, 9.17) is 22.1 Å². The molecule has 0 radical (unpaired) electrons. The summed E-state index contributed by atoms with van der Waals surface area (Å²) in [6.07, 6.45) is -0.176. The molecule has 2 atom stereocenters. The lowest BCUT2D eigenvalue weighted by Gasteiger charge is -2.39. The van der Waals surface area contributed by atoms with E-state index in [-0.39, 0.29) is 18.0 Å². The smallest absolute Gasteiger partial charge is 0.129 e. The van der Waals surface area contributed by atoms with E-state index in [1.165, 1.54) is 6.07 Å². The first-order chi connectivity index (χ1) is 8.13. The molecule has 1 heterocycles. The molecule has 17 heavy (non-hydrogen) atoms. The summed E-state index contributed by atoms with van der Waals surface area (Å²) in [4.78, 5) is 2.06. The van der Waals surface area contributed by atoms with Crippen molar-refractivity contribution < 1.29 is 9.13 Å². The van der Waals surface area contributed by atoms with Gasteiger partial charge in [-0.1, -0.05) is 17.7 Å². The van der Waals surface area contributed by atoms with Gasteiger partial charge in [0.1, 0.15) is 5.82 Å². The molecule has 0 spiro atoms. The molecule has 2 rings (SSSR count). The summed E-state index contributed by atoms with van der Waals surface area (Å²) in [5.74, 6) is -0.307. The number of halogens is 2. The Morgan fingerprint density at radius 3 is 3.00 bits per heavy atom. The predicted molar refractivity (Wildman–Crippen MR) is 65.6 cm³/mol. The molecule has 0 aliphatic carbocycles. The van der Waals surface area contributed by atoms with Crippen LogP contribution in [0.2, 0.25) is 5.02 Å². The summed E-state index contributed by atoms with van der Waals surface area (Å²) in [5, 5.41) is 0.398. The van der Waals surface area contributed by atoms with Gasteiger partial charge >= 0.3 is 0 Å². The largest absolute Gasteiger partial charge is 0.374 e. The van der Waals surface area contributed by atoms with Crippen molar-refractivity contribution in [3.05, 3.63) is 34.6 Å². The lowest BCUT2D eigenvalue weighted by molar-refractivity contribution is -0.0586. The summed E-state index contributed by atoms with van der Waals surface area (Å²) in [7, 11) is 1.95. The third kappa shape index (κ3) is 2.60. The van der Waals surface area contributed by atoms with Gasteiger partial charge in [0.05, 0.1) is 18.8 Å². The minimum atomic E-state index is -0.307. The van der Waals surface area contributed by atoms with Gasteiger partial charge in [-0.25, -0.2) is 4.39 Å². The monoisotopic (exact) mass is 258 g/mol. The standard InChI is InChI=1S/C12H16ClFN2O/c1-16-4-5-17-11(7-15)12(16)9-3-2-8(13)6-10(9)14/h2-3,6,11-12H,4-5,7,15H2,1H3. The van der Waals surface area contributed by atoms with Crippen LogP contribution in [0.4, 0.5) is 4.39 Å². The van der Waals surface area contributed by atoms with Gasteiger partial charge in [0.15, 0.2) is 0 Å². The van der Waals surface area contributed by atoms with Crippen molar-refractivity contribution in [1.82, 2.24) is 4.90 Å². The Hall–Kier alpha value is -0.680. The van der Waals surface area contributed by atoms with E-state index in [0.717, 1.165) is 6.54 Å². The molecule has 1 aromatic rings. The van der Waals surface area contributed by atoms with Crippen LogP contribution in [0.25, 0.3) is 0 Å². The Bertz CT molecular complexity index is 402. The molecule has 2 unspecified atom stereocenters. The van der Waals surface area contributed by atoms with Crippen molar-refractivity contribution in [2.75, 3.05) is 26.7 Å². The first-order valence-electron chi connectivity index (χ1n) is 5.60. The maximum atomic E-state index is 13.9. The number of nitrogens with two attached hydrogens (primary N) is 1. The van der Waals surface area contributed by atoms with Gasteiger partial charge in [-0.2, -0.15) is 0 Å². The van der Waals surface area contributed by atoms with Crippen LogP contribution >= 0.6 is 11.6 Å². The van der Waals surface area contributed by atoms with Gasteiger partial charge < -0.3 is 10.5 Å². The van der Waals surface area contributed by atoms with Crippen molar-refractivity contribution >= 4 is 11.6 Å². The number of rotatable bonds is 2. The Labute approximate surface area is 105 Å². The quantitative estimate of drug-likeness (QED) is 0.879. The van der Waals surface area contributed by atoms with E-state index in [9.17, 15) is 4.39 Å². The molecule has 1 fully saturated rings. The van der Waals surface area contributed by atoms with Gasteiger partial charge in [0.2, 0.25) is 0 Å². The molecular weight excluding hydrogens is 243 g/mol. The second-order valence-electron chi connectivity index (χ2n) is 4.24. The van der Waals surface area contributed by atoms with Crippen molar-refractivity contribution in [2.45, 2.75) is 12.1 Å². The van der Waals surface area contributed by atoms with Gasteiger partial charge in [-0.3, -0.25) is 4.90 Å². The normalized spacial score (nSPS) is 26.1. The second kappa shape index (κ2) is 5.31. The SMILES string of the molecule is CN1CCOC(CN)C1c1ccc(Cl)cc1F. The molecular formula is C12H16ClFN2O. The van der Waals surface area contributed by atoms with Crippen molar-refractivity contribution in [1.29, 1.82) is 0 Å². The topological polar surface area (TPSA) is 38.5 Å². The molecule has 0 saturated carbocycles. The highest BCUT2D eigenvalue weighted by molar-refractivity contribution is 6.30. The summed E-state index contributed by atoms with van der Waals surface area (Å²) >= 11 is 5.75. The average molecular weight is 259 g/mol. The van der Waals surface area contributed by atoms with Crippen LogP contribution in [-0.2, 0) is 4.74 Å². The highest BCUT2D eigenvalue weighted by Gasteiger charge is 2.32. The van der Waals surface area contributed by atoms with Crippen LogP contribution in [0.1, 0.15) is 11.6 Å². The highest BCUT2D eigenvalue weighted by Crippen LogP contribution is 2.30. The molecule has 1 aliphatic rings. The van der Waals surface area contributed by atoms with Crippen molar-refractivity contribution in [2.24, 2.45) is 5.73 Å². The van der Waals surface area contributed by atoms with Gasteiger partial charge in [-0.15, -0.1) is 0 Å². The van der Waals surface area contributed by atoms with E-state index in [1.54, 1.807) is 12.1 Å². The fourth-order valence-electron chi connectivity index (χ4n) is 2.24. The number of morpholine rings is 1. The lowest BCUT2D eigenvalue weighted by Crippen LogP contribution is -2.46. The molecule has 2 N–H and O–H groups in total. The maximum absolute atomic E-state index is 13.9. The van der Waals surface area contributed by atoms with E-state index >= 15 is 0 Å². The van der Waals surface area contributed by atoms with Crippen LogP contribution < -0.4 is 5.73 Å². The van der Waals surface area contributed by atoms with Gasteiger partial charge in [0.25, 0.3) is 0 Å². The molecule has 0 bridgehead atoms. The fourth-order valence-corrected chi connectivity index (χ4v) is 2.40. The molecule has 1 aromatic carbocycles. The lowest BCUT2D eigenvalue weighted by atomic mass is 9.98. The zero-order valence-corrected chi connectivity index (χ0v) is 10.5. The van der Waals surface area contributed by atoms with Crippen LogP contribution in [-0.4, -0.2) is 37.7 Å². The number of hydrogen-bond acceptors (Lipinski definition) is 3. The molecule has 94 valence electrons. The molecule has 3 nitrogen and oxygen atoms in total. The fraction of sp³-hybridized carbons (Fsp3) is 0.500. The Morgan fingerprint density at radius 2 is 2.35 bits per heavy atom. The number of likely N-dealkylation sites (N-methyl/N-ethyl adjacent to an activating group) is 1. The van der Waals surface area contributed by atoms with E-state index in [2.05, 4.69) is 4.90 Å². The Balaban J connectivity index is 2.34. The van der Waals surface area contributed by atoms with E-state index in [0.29, 0.717) is 23.7 Å². The molecule has 1 aliphatic heterocycles. The third-order valence-corrected chi connectivity index (χ3v) is 3.35. The molecule has 0 amide bonds. The summed E-state index contributed by atoms with van der Waals surface area (Å²) < 4.78 is 19.5. The summed E-state index contributed by atoms with van der Waals surface area (Å²) in [6, 6.07) is 4.57. The van der Waals surface area contributed by atoms with Crippen LogP contribution in [0.15, 0.2) is 18.2 Å². The predicted octanol–water partition coefficient (Wildman–Crippen LogP) is 1.81. The van der Waals surface area contributed by atoms with Crippen molar-refractivity contribution in [3.63, 3.8) is 0 Å². The Morgan fingerprint density at radius 1 is 1.59 bits per heavy atom. The highest BCUT2D eigenvalue weighted by atomic mass is 35.5. The van der Waals surface area contributed by atoms with Crippen LogP contribution in [0.3, 0.4) is 0 Å². The number of hydrogen-bond donors (Lipinski definition) is 1. The van der Waals surface area contributed by atoms with E-state index < -0.39 is 0 Å². The second-order valence-corrected chi connectivity index (χ2v) is 4.67.